The molecule has 0 bridgehead atoms. The highest BCUT2D eigenvalue weighted by Crippen LogP contribution is 2.23. The largest absolute Gasteiger partial charge is 0.461 e. The van der Waals surface area contributed by atoms with Crippen LogP contribution in [-0.4, -0.2) is 35.8 Å². The van der Waals surface area contributed by atoms with Crippen molar-refractivity contribution in [2.45, 2.75) is 31.8 Å². The summed E-state index contributed by atoms with van der Waals surface area (Å²) < 4.78 is 57.5. The summed E-state index contributed by atoms with van der Waals surface area (Å²) in [6.45, 7) is -2.08. The van der Waals surface area contributed by atoms with Crippen LogP contribution in [-0.2, 0) is 25.7 Å². The molecule has 0 N–H and O–H groups in total. The van der Waals surface area contributed by atoms with Crippen LogP contribution in [0, 0.1) is 10.1 Å². The number of benzene rings is 1. The number of carbonyl (C=O) groups is 2. The first-order chi connectivity index (χ1) is 11.6. The number of hydrogen-bond donors (Lipinski definition) is 0. The number of hydrogen-bond acceptors (Lipinski definition) is 6. The average molecular weight is 367 g/mol. The van der Waals surface area contributed by atoms with Gasteiger partial charge in [0.05, 0.1) is 17.8 Å². The zero-order chi connectivity index (χ0) is 19.0. The molecule has 0 unspecified atom stereocenters. The summed E-state index contributed by atoms with van der Waals surface area (Å²) in [5.41, 5.74) is 0.138. The fraction of sp³-hybridized carbons (Fsp3) is 0.429. The standard InChI is InChI=1S/C14H13F4NO6/c15-13(16)14(17,18)8-25-12(21)5-4-11(20)24-7-9-2-1-3-10(6-9)19(22)23/h1-3,6,13H,4-5,7-8H2. The Morgan fingerprint density at radius 3 is 2.32 bits per heavy atom. The second-order valence-electron chi connectivity index (χ2n) is 4.81. The number of nitrogens with zero attached hydrogens (tertiary/aromatic N) is 1. The van der Waals surface area contributed by atoms with E-state index in [-0.39, 0.29) is 12.3 Å². The van der Waals surface area contributed by atoms with Crippen molar-refractivity contribution in [3.8, 4) is 0 Å². The maximum Gasteiger partial charge on any atom is 0.340 e. The molecule has 0 radical (unpaired) electrons. The number of halogens is 4. The number of non-ortho nitro benzene ring substituents is 1. The van der Waals surface area contributed by atoms with E-state index in [1.54, 1.807) is 0 Å². The molecule has 0 fully saturated rings. The molecular weight excluding hydrogens is 354 g/mol. The summed E-state index contributed by atoms with van der Waals surface area (Å²) in [4.78, 5) is 32.5. The van der Waals surface area contributed by atoms with Gasteiger partial charge in [-0.25, -0.2) is 8.78 Å². The van der Waals surface area contributed by atoms with Crippen LogP contribution >= 0.6 is 0 Å². The molecule has 1 aromatic carbocycles. The molecule has 138 valence electrons. The van der Waals surface area contributed by atoms with E-state index in [4.69, 9.17) is 4.74 Å². The van der Waals surface area contributed by atoms with Crippen molar-refractivity contribution in [2.24, 2.45) is 0 Å². The molecule has 0 spiro atoms. The van der Waals surface area contributed by atoms with Crippen molar-refractivity contribution in [1.29, 1.82) is 0 Å². The minimum atomic E-state index is -4.46. The van der Waals surface area contributed by atoms with Crippen LogP contribution in [0.4, 0.5) is 23.2 Å². The fourth-order valence-corrected chi connectivity index (χ4v) is 1.51. The number of alkyl halides is 4. The molecule has 1 rings (SSSR count). The quantitative estimate of drug-likeness (QED) is 0.288. The second kappa shape index (κ2) is 8.94. The summed E-state index contributed by atoms with van der Waals surface area (Å²) in [6, 6.07) is 5.30. The number of rotatable bonds is 9. The molecule has 0 amide bonds. The third kappa shape index (κ3) is 7.14. The van der Waals surface area contributed by atoms with Crippen molar-refractivity contribution in [2.75, 3.05) is 6.61 Å². The number of carbonyl (C=O) groups excluding carboxylic acids is 2. The van der Waals surface area contributed by atoms with Gasteiger partial charge in [-0.2, -0.15) is 8.78 Å². The first kappa shape index (κ1) is 20.3. The van der Waals surface area contributed by atoms with E-state index in [1.165, 1.54) is 24.3 Å². The van der Waals surface area contributed by atoms with Crippen LogP contribution in [0.1, 0.15) is 18.4 Å². The molecule has 0 aliphatic carbocycles. The van der Waals surface area contributed by atoms with Crippen LogP contribution in [0.25, 0.3) is 0 Å². The van der Waals surface area contributed by atoms with Gasteiger partial charge in [0.2, 0.25) is 0 Å². The first-order valence-electron chi connectivity index (χ1n) is 6.82. The van der Waals surface area contributed by atoms with Gasteiger partial charge in [-0.3, -0.25) is 19.7 Å². The lowest BCUT2D eigenvalue weighted by Gasteiger charge is -2.14. The van der Waals surface area contributed by atoms with E-state index in [9.17, 15) is 37.3 Å². The van der Waals surface area contributed by atoms with Crippen molar-refractivity contribution in [1.82, 2.24) is 0 Å². The van der Waals surface area contributed by atoms with Crippen LogP contribution in [0.15, 0.2) is 24.3 Å². The van der Waals surface area contributed by atoms with Gasteiger partial charge >= 0.3 is 24.3 Å². The van der Waals surface area contributed by atoms with Gasteiger partial charge in [0, 0.05) is 12.1 Å². The molecule has 0 saturated heterocycles. The maximum atomic E-state index is 12.5. The maximum absolute atomic E-state index is 12.5. The Morgan fingerprint density at radius 1 is 1.16 bits per heavy atom. The fourth-order valence-electron chi connectivity index (χ4n) is 1.51. The van der Waals surface area contributed by atoms with Gasteiger partial charge in [0.15, 0.2) is 6.61 Å². The Labute approximate surface area is 138 Å². The topological polar surface area (TPSA) is 95.7 Å². The molecule has 7 nitrogen and oxygen atoms in total. The summed E-state index contributed by atoms with van der Waals surface area (Å²) in [5, 5.41) is 10.6. The van der Waals surface area contributed by atoms with Crippen LogP contribution < -0.4 is 0 Å². The summed E-state index contributed by atoms with van der Waals surface area (Å²) in [6.07, 6.45) is -5.12. The minimum Gasteiger partial charge on any atom is -0.461 e. The lowest BCUT2D eigenvalue weighted by molar-refractivity contribution is -0.384. The van der Waals surface area contributed by atoms with Gasteiger partial charge in [0.1, 0.15) is 6.61 Å². The van der Waals surface area contributed by atoms with E-state index in [2.05, 4.69) is 4.74 Å². The van der Waals surface area contributed by atoms with Gasteiger partial charge in [0.25, 0.3) is 5.69 Å². The Balaban J connectivity index is 2.34. The van der Waals surface area contributed by atoms with Gasteiger partial charge in [-0.15, -0.1) is 0 Å². The highest BCUT2D eigenvalue weighted by Gasteiger charge is 2.42. The third-order valence-corrected chi connectivity index (χ3v) is 2.80. The second-order valence-corrected chi connectivity index (χ2v) is 4.81. The Kier molecular flexibility index (Phi) is 7.27. The first-order valence-corrected chi connectivity index (χ1v) is 6.82. The van der Waals surface area contributed by atoms with E-state index in [0.717, 1.165) is 0 Å². The average Bonchev–Trinajstić information content (AvgIpc) is 2.56. The normalized spacial score (nSPS) is 11.2. The number of nitro groups is 1. The van der Waals surface area contributed by atoms with Crippen LogP contribution in [0.5, 0.6) is 0 Å². The SMILES string of the molecule is O=C(CCC(=O)OCC(F)(F)C(F)F)OCc1cccc([N+](=O)[O-])c1. The molecule has 11 heteroatoms. The Morgan fingerprint density at radius 2 is 1.76 bits per heavy atom. The Hall–Kier alpha value is -2.72. The molecule has 0 aliphatic heterocycles. The highest BCUT2D eigenvalue weighted by atomic mass is 19.3. The third-order valence-electron chi connectivity index (χ3n) is 2.80. The van der Waals surface area contributed by atoms with Crippen molar-refractivity contribution in [3.63, 3.8) is 0 Å². The molecule has 0 atom stereocenters. The number of ether oxygens (including phenoxy) is 2. The van der Waals surface area contributed by atoms with E-state index in [1.807, 2.05) is 0 Å². The molecular formula is C14H13F4NO6. The molecule has 1 aromatic rings. The zero-order valence-electron chi connectivity index (χ0n) is 12.6. The Bertz CT molecular complexity index is 638. The predicted molar refractivity (Wildman–Crippen MR) is 74.0 cm³/mol. The summed E-state index contributed by atoms with van der Waals surface area (Å²) >= 11 is 0. The van der Waals surface area contributed by atoms with Gasteiger partial charge in [-0.05, 0) is 5.56 Å². The molecule has 25 heavy (non-hydrogen) atoms. The summed E-state index contributed by atoms with van der Waals surface area (Å²) in [7, 11) is 0. The molecule has 0 saturated carbocycles. The van der Waals surface area contributed by atoms with E-state index < -0.39 is 48.7 Å². The minimum absolute atomic E-state index is 0.197. The predicted octanol–water partition coefficient (Wildman–Crippen LogP) is 2.86. The van der Waals surface area contributed by atoms with Gasteiger partial charge < -0.3 is 9.47 Å². The molecule has 0 heterocycles. The van der Waals surface area contributed by atoms with Gasteiger partial charge in [-0.1, -0.05) is 12.1 Å². The van der Waals surface area contributed by atoms with Crippen LogP contribution in [0.3, 0.4) is 0 Å². The lowest BCUT2D eigenvalue weighted by Crippen LogP contribution is -2.33. The lowest BCUT2D eigenvalue weighted by atomic mass is 10.2. The van der Waals surface area contributed by atoms with Crippen LogP contribution in [0.2, 0.25) is 0 Å². The molecule has 0 aliphatic rings. The van der Waals surface area contributed by atoms with E-state index in [0.29, 0.717) is 5.56 Å². The zero-order valence-corrected chi connectivity index (χ0v) is 12.6. The highest BCUT2D eigenvalue weighted by molar-refractivity contribution is 5.77. The van der Waals surface area contributed by atoms with Crippen molar-refractivity contribution in [3.05, 3.63) is 39.9 Å². The smallest absolute Gasteiger partial charge is 0.340 e. The monoisotopic (exact) mass is 367 g/mol. The van der Waals surface area contributed by atoms with Crippen molar-refractivity contribution >= 4 is 17.6 Å². The van der Waals surface area contributed by atoms with E-state index >= 15 is 0 Å². The number of esters is 2. The number of nitro benzene ring substituents is 1. The summed E-state index contributed by atoms with van der Waals surface area (Å²) in [5.74, 6) is -6.60. The molecule has 0 aromatic heterocycles. The van der Waals surface area contributed by atoms with Crippen molar-refractivity contribution < 1.29 is 41.5 Å².